The summed E-state index contributed by atoms with van der Waals surface area (Å²) in [7, 11) is 0. The molecule has 3 heteroatoms. The average molecular weight is 233 g/mol. The van der Waals surface area contributed by atoms with Gasteiger partial charge in [-0.25, -0.2) is 0 Å². The highest BCUT2D eigenvalue weighted by atomic mass is 16.3. The van der Waals surface area contributed by atoms with E-state index in [0.717, 1.165) is 5.56 Å². The summed E-state index contributed by atoms with van der Waals surface area (Å²) < 4.78 is 0. The predicted molar refractivity (Wildman–Crippen MR) is 66.4 cm³/mol. The highest BCUT2D eigenvalue weighted by Crippen LogP contribution is 2.29. The number of rotatable bonds is 3. The van der Waals surface area contributed by atoms with E-state index < -0.39 is 6.10 Å². The topological polar surface area (TPSA) is 40.5 Å². The normalized spacial score (nSPS) is 23.8. The van der Waals surface area contributed by atoms with Crippen molar-refractivity contribution < 1.29 is 9.90 Å². The summed E-state index contributed by atoms with van der Waals surface area (Å²) in [5, 5.41) is 9.56. The van der Waals surface area contributed by atoms with Crippen LogP contribution in [-0.4, -0.2) is 28.6 Å². The minimum atomic E-state index is -0.410. The van der Waals surface area contributed by atoms with Crippen molar-refractivity contribution in [2.45, 2.75) is 32.4 Å². The molecule has 2 rings (SSSR count). The Hall–Kier alpha value is -1.35. The van der Waals surface area contributed by atoms with E-state index in [0.29, 0.717) is 13.0 Å². The number of benzene rings is 1. The van der Waals surface area contributed by atoms with Gasteiger partial charge in [0.05, 0.1) is 12.1 Å². The third-order valence-electron chi connectivity index (χ3n) is 3.62. The molecule has 1 aromatic carbocycles. The lowest BCUT2D eigenvalue weighted by Gasteiger charge is -2.25. The first-order valence-electron chi connectivity index (χ1n) is 6.12. The molecule has 1 saturated heterocycles. The van der Waals surface area contributed by atoms with Gasteiger partial charge < -0.3 is 10.0 Å². The smallest absolute Gasteiger partial charge is 0.223 e. The molecule has 0 bridgehead atoms. The molecule has 1 amide bonds. The van der Waals surface area contributed by atoms with Crippen LogP contribution >= 0.6 is 0 Å². The highest BCUT2D eigenvalue weighted by Gasteiger charge is 2.35. The summed E-state index contributed by atoms with van der Waals surface area (Å²) >= 11 is 0. The molecule has 0 unspecified atom stereocenters. The first-order valence-corrected chi connectivity index (χ1v) is 6.12. The number of carbonyl (C=O) groups excluding carboxylic acids is 1. The molecule has 92 valence electrons. The summed E-state index contributed by atoms with van der Waals surface area (Å²) in [4.78, 5) is 13.8. The van der Waals surface area contributed by atoms with Gasteiger partial charge in [-0.15, -0.1) is 0 Å². The van der Waals surface area contributed by atoms with Crippen LogP contribution in [0.25, 0.3) is 0 Å². The van der Waals surface area contributed by atoms with E-state index in [2.05, 4.69) is 0 Å². The van der Waals surface area contributed by atoms with E-state index in [4.69, 9.17) is 0 Å². The maximum absolute atomic E-state index is 11.9. The van der Waals surface area contributed by atoms with Crippen LogP contribution in [0.1, 0.15) is 31.9 Å². The lowest BCUT2D eigenvalue weighted by molar-refractivity contribution is -0.129. The molecule has 1 aliphatic rings. The van der Waals surface area contributed by atoms with Gasteiger partial charge in [0.1, 0.15) is 0 Å². The summed E-state index contributed by atoms with van der Waals surface area (Å²) in [6, 6.07) is 10.1. The molecule has 0 spiro atoms. The molecule has 0 saturated carbocycles. The number of hydrogen-bond donors (Lipinski definition) is 1. The SMILES string of the molecule is C[C@H](c1ccccc1)N1C[C@@H]([C@@H](C)O)CC1=O. The Balaban J connectivity index is 2.11. The van der Waals surface area contributed by atoms with Crippen molar-refractivity contribution in [1.82, 2.24) is 4.90 Å². The molecule has 1 N–H and O–H groups in total. The molecule has 17 heavy (non-hydrogen) atoms. The first kappa shape index (κ1) is 12.1. The fraction of sp³-hybridized carbons (Fsp3) is 0.500. The fourth-order valence-corrected chi connectivity index (χ4v) is 2.37. The van der Waals surface area contributed by atoms with Crippen molar-refractivity contribution in [1.29, 1.82) is 0 Å². The van der Waals surface area contributed by atoms with Gasteiger partial charge in [0.15, 0.2) is 0 Å². The predicted octanol–water partition coefficient (Wildman–Crippen LogP) is 1.98. The molecule has 1 aromatic rings. The quantitative estimate of drug-likeness (QED) is 0.867. The van der Waals surface area contributed by atoms with Crippen LogP contribution in [0.15, 0.2) is 30.3 Å². The standard InChI is InChI=1S/C14H19NO2/c1-10(12-6-4-3-5-7-12)15-9-13(11(2)16)8-14(15)17/h3-7,10-11,13,16H,8-9H2,1-2H3/t10-,11-,13+/m1/s1. The van der Waals surface area contributed by atoms with Crippen LogP contribution in [0.5, 0.6) is 0 Å². The lowest BCUT2D eigenvalue weighted by atomic mass is 10.0. The van der Waals surface area contributed by atoms with Gasteiger partial charge >= 0.3 is 0 Å². The molecule has 0 radical (unpaired) electrons. The third kappa shape index (κ3) is 2.50. The maximum Gasteiger partial charge on any atom is 0.223 e. The summed E-state index contributed by atoms with van der Waals surface area (Å²) in [6.45, 7) is 4.46. The van der Waals surface area contributed by atoms with Gasteiger partial charge in [0.25, 0.3) is 0 Å². The Labute approximate surface area is 102 Å². The van der Waals surface area contributed by atoms with Gasteiger partial charge in [-0.2, -0.15) is 0 Å². The van der Waals surface area contributed by atoms with Crippen LogP contribution in [0.3, 0.4) is 0 Å². The second-order valence-electron chi connectivity index (χ2n) is 4.84. The molecule has 1 fully saturated rings. The molecular formula is C14H19NO2. The van der Waals surface area contributed by atoms with Gasteiger partial charge in [-0.3, -0.25) is 4.79 Å². The van der Waals surface area contributed by atoms with Crippen LogP contribution in [0.2, 0.25) is 0 Å². The van der Waals surface area contributed by atoms with E-state index in [1.165, 1.54) is 0 Å². The molecular weight excluding hydrogens is 214 g/mol. The van der Waals surface area contributed by atoms with Crippen molar-refractivity contribution in [3.05, 3.63) is 35.9 Å². The first-order chi connectivity index (χ1) is 8.09. The van der Waals surface area contributed by atoms with Crippen LogP contribution in [0, 0.1) is 5.92 Å². The highest BCUT2D eigenvalue weighted by molar-refractivity contribution is 5.79. The Morgan fingerprint density at radius 2 is 1.94 bits per heavy atom. The van der Waals surface area contributed by atoms with Crippen molar-refractivity contribution in [3.8, 4) is 0 Å². The van der Waals surface area contributed by atoms with E-state index in [9.17, 15) is 9.90 Å². The van der Waals surface area contributed by atoms with Crippen molar-refractivity contribution in [2.75, 3.05) is 6.54 Å². The molecule has 1 aliphatic heterocycles. The molecule has 0 aliphatic carbocycles. The number of aliphatic hydroxyl groups is 1. The van der Waals surface area contributed by atoms with E-state index >= 15 is 0 Å². The Morgan fingerprint density at radius 1 is 1.29 bits per heavy atom. The lowest BCUT2D eigenvalue weighted by Crippen LogP contribution is -2.29. The number of hydrogen-bond acceptors (Lipinski definition) is 2. The van der Waals surface area contributed by atoms with E-state index in [1.807, 2.05) is 42.2 Å². The van der Waals surface area contributed by atoms with Crippen molar-refractivity contribution in [2.24, 2.45) is 5.92 Å². The molecule has 0 aromatic heterocycles. The number of amides is 1. The monoisotopic (exact) mass is 233 g/mol. The number of carbonyl (C=O) groups is 1. The summed E-state index contributed by atoms with van der Waals surface area (Å²) in [5.74, 6) is 0.223. The van der Waals surface area contributed by atoms with Crippen molar-refractivity contribution in [3.63, 3.8) is 0 Å². The molecule has 1 heterocycles. The van der Waals surface area contributed by atoms with Crippen molar-refractivity contribution >= 4 is 5.91 Å². The molecule has 3 nitrogen and oxygen atoms in total. The number of aliphatic hydroxyl groups excluding tert-OH is 1. The maximum atomic E-state index is 11.9. The summed E-state index contributed by atoms with van der Waals surface area (Å²) in [6.07, 6.45) is 0.0568. The second-order valence-corrected chi connectivity index (χ2v) is 4.84. The molecule has 3 atom stereocenters. The number of nitrogens with zero attached hydrogens (tertiary/aromatic N) is 1. The van der Waals surface area contributed by atoms with Crippen LogP contribution in [-0.2, 0) is 4.79 Å². The largest absolute Gasteiger partial charge is 0.393 e. The Bertz CT molecular complexity index is 388. The van der Waals surface area contributed by atoms with Gasteiger partial charge in [0, 0.05) is 18.9 Å². The zero-order valence-electron chi connectivity index (χ0n) is 10.3. The van der Waals surface area contributed by atoms with E-state index in [1.54, 1.807) is 6.92 Å². The Morgan fingerprint density at radius 3 is 2.47 bits per heavy atom. The minimum absolute atomic E-state index is 0.0775. The third-order valence-corrected chi connectivity index (χ3v) is 3.62. The summed E-state index contributed by atoms with van der Waals surface area (Å²) in [5.41, 5.74) is 1.15. The number of likely N-dealkylation sites (tertiary alicyclic amines) is 1. The zero-order valence-corrected chi connectivity index (χ0v) is 10.3. The van der Waals surface area contributed by atoms with Crippen LogP contribution in [0.4, 0.5) is 0 Å². The Kier molecular flexibility index (Phi) is 3.48. The average Bonchev–Trinajstić information content (AvgIpc) is 2.72. The fourth-order valence-electron chi connectivity index (χ4n) is 2.37. The van der Waals surface area contributed by atoms with Gasteiger partial charge in [-0.1, -0.05) is 30.3 Å². The zero-order chi connectivity index (χ0) is 12.4. The van der Waals surface area contributed by atoms with Gasteiger partial charge in [-0.05, 0) is 19.4 Å². The van der Waals surface area contributed by atoms with Crippen LogP contribution < -0.4 is 0 Å². The van der Waals surface area contributed by atoms with Gasteiger partial charge in [0.2, 0.25) is 5.91 Å². The van der Waals surface area contributed by atoms with E-state index in [-0.39, 0.29) is 17.9 Å². The minimum Gasteiger partial charge on any atom is -0.393 e. The second kappa shape index (κ2) is 4.88.